The second-order valence-electron chi connectivity index (χ2n) is 6.46. The molecule has 3 N–H and O–H groups in total. The predicted molar refractivity (Wildman–Crippen MR) is 85.3 cm³/mol. The van der Waals surface area contributed by atoms with E-state index in [1.807, 2.05) is 39.5 Å². The number of aliphatic imine (C=N–C) groups is 1. The van der Waals surface area contributed by atoms with Crippen LogP contribution in [0.2, 0.25) is 0 Å². The lowest BCUT2D eigenvalue weighted by molar-refractivity contribution is 0.0500. The molecule has 0 aromatic rings. The van der Waals surface area contributed by atoms with Crippen LogP contribution in [0.3, 0.4) is 0 Å². The Labute approximate surface area is 128 Å². The first-order valence-corrected chi connectivity index (χ1v) is 7.81. The van der Waals surface area contributed by atoms with E-state index in [1.165, 1.54) is 0 Å². The summed E-state index contributed by atoms with van der Waals surface area (Å²) < 4.78 is 5.30. The van der Waals surface area contributed by atoms with Crippen LogP contribution in [0.15, 0.2) is 4.99 Å². The minimum Gasteiger partial charge on any atom is -0.444 e. The number of nitrogens with one attached hydrogen (secondary N) is 1. The monoisotopic (exact) mass is 298 g/mol. The van der Waals surface area contributed by atoms with Crippen LogP contribution in [0, 0.1) is 5.92 Å². The van der Waals surface area contributed by atoms with Gasteiger partial charge in [0.25, 0.3) is 0 Å². The lowest BCUT2D eigenvalue weighted by atomic mass is 10.2. The average molecular weight is 298 g/mol. The van der Waals surface area contributed by atoms with Gasteiger partial charge in [-0.15, -0.1) is 0 Å². The fourth-order valence-electron chi connectivity index (χ4n) is 2.11. The van der Waals surface area contributed by atoms with Gasteiger partial charge in [-0.3, -0.25) is 4.99 Å². The van der Waals surface area contributed by atoms with Crippen molar-refractivity contribution in [3.63, 3.8) is 0 Å². The summed E-state index contributed by atoms with van der Waals surface area (Å²) in [5, 5.41) is 2.92. The first-order valence-electron chi connectivity index (χ1n) is 7.81. The summed E-state index contributed by atoms with van der Waals surface area (Å²) in [6.07, 6.45) is 1.87. The number of hydrogen-bond acceptors (Lipinski definition) is 3. The maximum atomic E-state index is 11.9. The minimum absolute atomic E-state index is 0.00830. The van der Waals surface area contributed by atoms with Crippen LogP contribution in [-0.4, -0.2) is 48.2 Å². The molecule has 6 heteroatoms. The summed E-state index contributed by atoms with van der Waals surface area (Å²) in [6, 6.07) is 0.00830. The van der Waals surface area contributed by atoms with Crippen LogP contribution in [0.4, 0.5) is 4.79 Å². The maximum absolute atomic E-state index is 11.9. The number of rotatable bonds is 6. The van der Waals surface area contributed by atoms with Crippen LogP contribution >= 0.6 is 0 Å². The highest BCUT2D eigenvalue weighted by molar-refractivity contribution is 5.78. The molecular formula is C15H30N4O2. The van der Waals surface area contributed by atoms with Crippen molar-refractivity contribution in [3.05, 3.63) is 0 Å². The van der Waals surface area contributed by atoms with Gasteiger partial charge in [-0.2, -0.15) is 0 Å². The second-order valence-corrected chi connectivity index (χ2v) is 6.46. The molecule has 1 fully saturated rings. The van der Waals surface area contributed by atoms with Crippen molar-refractivity contribution in [1.82, 2.24) is 10.2 Å². The number of nitrogens with zero attached hydrogens (tertiary/aromatic N) is 2. The quantitative estimate of drug-likeness (QED) is 0.580. The maximum Gasteiger partial charge on any atom is 0.407 e. The fraction of sp³-hybridized carbons (Fsp3) is 0.867. The van der Waals surface area contributed by atoms with E-state index in [4.69, 9.17) is 10.5 Å². The zero-order valence-electron chi connectivity index (χ0n) is 14.0. The number of guanidine groups is 1. The van der Waals surface area contributed by atoms with E-state index in [9.17, 15) is 4.79 Å². The van der Waals surface area contributed by atoms with E-state index in [-0.39, 0.29) is 12.1 Å². The van der Waals surface area contributed by atoms with Gasteiger partial charge in [-0.25, -0.2) is 4.79 Å². The molecule has 1 saturated carbocycles. The van der Waals surface area contributed by atoms with Crippen molar-refractivity contribution in [2.45, 2.75) is 59.1 Å². The Kier molecular flexibility index (Phi) is 6.30. The number of carbonyl (C=O) groups excluding carboxylic acids is 1. The summed E-state index contributed by atoms with van der Waals surface area (Å²) in [5.74, 6) is 1.03. The summed E-state index contributed by atoms with van der Waals surface area (Å²) >= 11 is 0. The number of amides is 1. The number of alkyl carbamates (subject to hydrolysis) is 1. The summed E-state index contributed by atoms with van der Waals surface area (Å²) in [4.78, 5) is 18.3. The number of nitrogens with two attached hydrogens (primary N) is 1. The molecular weight excluding hydrogens is 268 g/mol. The van der Waals surface area contributed by atoms with Gasteiger partial charge in [-0.1, -0.05) is 0 Å². The largest absolute Gasteiger partial charge is 0.444 e. The van der Waals surface area contributed by atoms with Crippen LogP contribution < -0.4 is 11.1 Å². The van der Waals surface area contributed by atoms with Crippen molar-refractivity contribution in [1.29, 1.82) is 0 Å². The third kappa shape index (κ3) is 6.69. The summed E-state index contributed by atoms with van der Waals surface area (Å²) in [6.45, 7) is 11.8. The van der Waals surface area contributed by atoms with Crippen molar-refractivity contribution in [2.24, 2.45) is 16.6 Å². The lowest BCUT2D eigenvalue weighted by Crippen LogP contribution is -2.43. The molecule has 1 atom stereocenters. The highest BCUT2D eigenvalue weighted by Crippen LogP contribution is 2.33. The van der Waals surface area contributed by atoms with Crippen LogP contribution in [0.1, 0.15) is 47.5 Å². The van der Waals surface area contributed by atoms with Gasteiger partial charge in [0.15, 0.2) is 5.96 Å². The topological polar surface area (TPSA) is 80.0 Å². The molecule has 6 nitrogen and oxygen atoms in total. The molecule has 0 aromatic carbocycles. The molecule has 0 spiro atoms. The molecule has 122 valence electrons. The van der Waals surface area contributed by atoms with Gasteiger partial charge in [0.2, 0.25) is 0 Å². The Morgan fingerprint density at radius 1 is 1.38 bits per heavy atom. The van der Waals surface area contributed by atoms with Gasteiger partial charge in [0.1, 0.15) is 5.60 Å². The highest BCUT2D eigenvalue weighted by Gasteiger charge is 2.33. The van der Waals surface area contributed by atoms with E-state index in [2.05, 4.69) is 10.3 Å². The lowest BCUT2D eigenvalue weighted by Gasteiger charge is -2.24. The molecule has 1 unspecified atom stereocenters. The van der Waals surface area contributed by atoms with Crippen LogP contribution in [-0.2, 0) is 4.74 Å². The first kappa shape index (κ1) is 17.6. The molecule has 1 aliphatic carbocycles. The van der Waals surface area contributed by atoms with Crippen LogP contribution in [0.5, 0.6) is 0 Å². The number of carbonyl (C=O) groups is 1. The van der Waals surface area contributed by atoms with Crippen LogP contribution in [0.25, 0.3) is 0 Å². The van der Waals surface area contributed by atoms with Gasteiger partial charge in [0, 0.05) is 13.1 Å². The zero-order valence-corrected chi connectivity index (χ0v) is 14.0. The molecule has 0 radical (unpaired) electrons. The standard InChI is InChI=1S/C15H30N4O2/c1-6-19(7-2)13(16)17-10-12(11-8-9-11)18-14(20)21-15(3,4)5/h11-12H,6-10H2,1-5H3,(H2,16,17)(H,18,20). The molecule has 21 heavy (non-hydrogen) atoms. The highest BCUT2D eigenvalue weighted by atomic mass is 16.6. The van der Waals surface area contributed by atoms with Crippen molar-refractivity contribution in [2.75, 3.05) is 19.6 Å². The van der Waals surface area contributed by atoms with Gasteiger partial charge in [-0.05, 0) is 53.4 Å². The third-order valence-electron chi connectivity index (χ3n) is 3.43. The van der Waals surface area contributed by atoms with Crippen molar-refractivity contribution >= 4 is 12.1 Å². The summed E-state index contributed by atoms with van der Waals surface area (Å²) in [7, 11) is 0. The third-order valence-corrected chi connectivity index (χ3v) is 3.43. The Hall–Kier alpha value is -1.46. The molecule has 0 aliphatic heterocycles. The second kappa shape index (κ2) is 7.52. The van der Waals surface area contributed by atoms with E-state index in [0.29, 0.717) is 18.4 Å². The molecule has 1 rings (SSSR count). The number of hydrogen-bond donors (Lipinski definition) is 2. The Balaban J connectivity index is 2.55. The smallest absolute Gasteiger partial charge is 0.407 e. The molecule has 0 bridgehead atoms. The molecule has 0 aromatic heterocycles. The zero-order chi connectivity index (χ0) is 16.0. The van der Waals surface area contributed by atoms with E-state index >= 15 is 0 Å². The summed E-state index contributed by atoms with van der Waals surface area (Å²) in [5.41, 5.74) is 5.49. The van der Waals surface area contributed by atoms with E-state index in [0.717, 1.165) is 25.9 Å². The van der Waals surface area contributed by atoms with Gasteiger partial charge >= 0.3 is 6.09 Å². The Bertz CT molecular complexity index is 368. The Morgan fingerprint density at radius 3 is 2.38 bits per heavy atom. The van der Waals surface area contributed by atoms with Crippen molar-refractivity contribution in [3.8, 4) is 0 Å². The number of ether oxygens (including phenoxy) is 1. The fourth-order valence-corrected chi connectivity index (χ4v) is 2.11. The molecule has 0 heterocycles. The predicted octanol–water partition coefficient (Wildman–Crippen LogP) is 1.95. The minimum atomic E-state index is -0.484. The van der Waals surface area contributed by atoms with E-state index in [1.54, 1.807) is 0 Å². The van der Waals surface area contributed by atoms with Crippen molar-refractivity contribution < 1.29 is 9.53 Å². The normalized spacial score (nSPS) is 17.3. The SMILES string of the molecule is CCN(CC)C(N)=NCC(NC(=O)OC(C)(C)C)C1CC1. The first-order chi connectivity index (χ1) is 9.76. The average Bonchev–Trinajstić information content (AvgIpc) is 3.17. The van der Waals surface area contributed by atoms with Gasteiger partial charge in [0.05, 0.1) is 12.6 Å². The molecule has 1 amide bonds. The molecule has 1 aliphatic rings. The Morgan fingerprint density at radius 2 is 1.95 bits per heavy atom. The molecule has 0 saturated heterocycles. The van der Waals surface area contributed by atoms with E-state index < -0.39 is 5.60 Å². The van der Waals surface area contributed by atoms with Gasteiger partial charge < -0.3 is 20.7 Å².